The Bertz CT molecular complexity index is 953. The lowest BCUT2D eigenvalue weighted by Gasteiger charge is -2.18. The molecule has 6 heteroatoms. The number of rotatable bonds is 11. The van der Waals surface area contributed by atoms with Crippen LogP contribution in [0.25, 0.3) is 0 Å². The van der Waals surface area contributed by atoms with Crippen LogP contribution in [0.3, 0.4) is 0 Å². The molecule has 0 aliphatic heterocycles. The normalized spacial score (nSPS) is 11.7. The Balaban J connectivity index is 1.65. The van der Waals surface area contributed by atoms with Gasteiger partial charge in [0, 0.05) is 18.0 Å². The maximum absolute atomic E-state index is 12.7. The van der Waals surface area contributed by atoms with Gasteiger partial charge in [-0.15, -0.1) is 0 Å². The van der Waals surface area contributed by atoms with Crippen LogP contribution in [0, 0.1) is 0 Å². The topological polar surface area (TPSA) is 65.4 Å². The van der Waals surface area contributed by atoms with Crippen molar-refractivity contribution < 1.29 is 14.3 Å². The molecular weight excluding hydrogens is 390 g/mol. The second kappa shape index (κ2) is 11.2. The number of amides is 1. The highest BCUT2D eigenvalue weighted by atomic mass is 16.5. The van der Waals surface area contributed by atoms with Crippen molar-refractivity contribution in [2.45, 2.75) is 46.2 Å². The van der Waals surface area contributed by atoms with Crippen LogP contribution in [0.4, 0.5) is 0 Å². The van der Waals surface area contributed by atoms with Crippen molar-refractivity contribution in [2.24, 2.45) is 0 Å². The number of benzene rings is 2. The molecule has 31 heavy (non-hydrogen) atoms. The summed E-state index contributed by atoms with van der Waals surface area (Å²) in [6, 6.07) is 15.2. The summed E-state index contributed by atoms with van der Waals surface area (Å²) in [6.45, 7) is 8.05. The van der Waals surface area contributed by atoms with Crippen molar-refractivity contribution in [1.29, 1.82) is 0 Å². The molecular formula is C25H31N3O3. The quantitative estimate of drug-likeness (QED) is 0.473. The highest BCUT2D eigenvalue weighted by Crippen LogP contribution is 2.31. The monoisotopic (exact) mass is 421 g/mol. The number of aromatic nitrogens is 2. The molecule has 0 radical (unpaired) electrons. The first kappa shape index (κ1) is 22.4. The summed E-state index contributed by atoms with van der Waals surface area (Å²) in [5, 5.41) is 7.28. The van der Waals surface area contributed by atoms with Crippen LogP contribution < -0.4 is 14.8 Å². The summed E-state index contributed by atoms with van der Waals surface area (Å²) in [5.74, 6) is 1.35. The van der Waals surface area contributed by atoms with Gasteiger partial charge in [-0.05, 0) is 61.2 Å². The Morgan fingerprint density at radius 2 is 1.74 bits per heavy atom. The average Bonchev–Trinajstić information content (AvgIpc) is 3.30. The zero-order valence-corrected chi connectivity index (χ0v) is 18.5. The Kier molecular flexibility index (Phi) is 8.10. The van der Waals surface area contributed by atoms with E-state index in [0.717, 1.165) is 35.5 Å². The number of nitrogens with zero attached hydrogens (tertiary/aromatic N) is 2. The molecule has 0 aliphatic rings. The largest absolute Gasteiger partial charge is 0.490 e. The summed E-state index contributed by atoms with van der Waals surface area (Å²) in [4.78, 5) is 12.7. The van der Waals surface area contributed by atoms with Crippen molar-refractivity contribution in [3.05, 3.63) is 77.6 Å². The van der Waals surface area contributed by atoms with Crippen LogP contribution in [0.15, 0.2) is 60.9 Å². The fraction of sp³-hybridized carbons (Fsp3) is 0.360. The van der Waals surface area contributed by atoms with E-state index in [1.165, 1.54) is 0 Å². The minimum absolute atomic E-state index is 0.111. The van der Waals surface area contributed by atoms with Crippen LogP contribution in [0.1, 0.15) is 61.1 Å². The molecule has 1 aromatic heterocycles. The van der Waals surface area contributed by atoms with Gasteiger partial charge in [0.15, 0.2) is 11.5 Å². The second-order valence-electron chi connectivity index (χ2n) is 7.50. The van der Waals surface area contributed by atoms with E-state index in [1.807, 2.05) is 66.3 Å². The fourth-order valence-corrected chi connectivity index (χ4v) is 3.16. The van der Waals surface area contributed by atoms with Gasteiger partial charge in [0.1, 0.15) is 0 Å². The van der Waals surface area contributed by atoms with E-state index in [1.54, 1.807) is 6.20 Å². The smallest absolute Gasteiger partial charge is 0.251 e. The molecule has 1 unspecified atom stereocenters. The molecule has 0 bridgehead atoms. The van der Waals surface area contributed by atoms with Gasteiger partial charge in [0.2, 0.25) is 0 Å². The minimum Gasteiger partial charge on any atom is -0.490 e. The molecule has 0 fully saturated rings. The predicted molar refractivity (Wildman–Crippen MR) is 122 cm³/mol. The van der Waals surface area contributed by atoms with Gasteiger partial charge >= 0.3 is 0 Å². The molecule has 164 valence electrons. The van der Waals surface area contributed by atoms with Crippen molar-refractivity contribution >= 4 is 5.91 Å². The number of hydrogen-bond acceptors (Lipinski definition) is 4. The molecule has 2 aromatic carbocycles. The number of nitrogens with one attached hydrogen (secondary N) is 1. The van der Waals surface area contributed by atoms with Crippen LogP contribution in [-0.4, -0.2) is 28.9 Å². The van der Waals surface area contributed by atoms with E-state index in [0.29, 0.717) is 25.3 Å². The minimum atomic E-state index is -0.166. The lowest BCUT2D eigenvalue weighted by Crippen LogP contribution is -2.26. The third-order valence-electron chi connectivity index (χ3n) is 4.86. The first-order valence-electron chi connectivity index (χ1n) is 10.9. The van der Waals surface area contributed by atoms with E-state index in [2.05, 4.69) is 24.3 Å². The maximum atomic E-state index is 12.7. The molecule has 0 saturated carbocycles. The lowest BCUT2D eigenvalue weighted by molar-refractivity contribution is 0.0940. The zero-order valence-electron chi connectivity index (χ0n) is 18.5. The average molecular weight is 422 g/mol. The number of ether oxygens (including phenoxy) is 2. The zero-order chi connectivity index (χ0) is 22.1. The van der Waals surface area contributed by atoms with Gasteiger partial charge < -0.3 is 14.8 Å². The molecule has 0 aliphatic carbocycles. The van der Waals surface area contributed by atoms with Crippen LogP contribution in [0.2, 0.25) is 0 Å². The summed E-state index contributed by atoms with van der Waals surface area (Å²) in [6.07, 6.45) is 5.52. The Hall–Kier alpha value is -3.28. The second-order valence-corrected chi connectivity index (χ2v) is 7.50. The molecule has 0 spiro atoms. The van der Waals surface area contributed by atoms with Crippen molar-refractivity contribution in [3.8, 4) is 11.5 Å². The molecule has 1 N–H and O–H groups in total. The van der Waals surface area contributed by atoms with Crippen molar-refractivity contribution in [3.63, 3.8) is 0 Å². The molecule has 6 nitrogen and oxygen atoms in total. The van der Waals surface area contributed by atoms with Gasteiger partial charge in [-0.25, -0.2) is 0 Å². The predicted octanol–water partition coefficient (Wildman–Crippen LogP) is 5.00. The van der Waals surface area contributed by atoms with Crippen LogP contribution in [0.5, 0.6) is 11.5 Å². The van der Waals surface area contributed by atoms with Gasteiger partial charge in [-0.2, -0.15) is 5.10 Å². The van der Waals surface area contributed by atoms with Gasteiger partial charge in [0.05, 0.1) is 25.8 Å². The summed E-state index contributed by atoms with van der Waals surface area (Å²) < 4.78 is 13.5. The van der Waals surface area contributed by atoms with Crippen LogP contribution in [-0.2, 0) is 6.54 Å². The lowest BCUT2D eigenvalue weighted by atomic mass is 10.1. The Morgan fingerprint density at radius 3 is 2.39 bits per heavy atom. The first-order chi connectivity index (χ1) is 15.1. The van der Waals surface area contributed by atoms with E-state index in [-0.39, 0.29) is 11.9 Å². The van der Waals surface area contributed by atoms with Gasteiger partial charge in [-0.1, -0.05) is 32.0 Å². The Morgan fingerprint density at radius 1 is 1.03 bits per heavy atom. The SMILES string of the molecule is CCCOc1ccc(C(C)NC(=O)c2ccc(Cn3cccn3)cc2)cc1OCCC. The first-order valence-corrected chi connectivity index (χ1v) is 10.9. The van der Waals surface area contributed by atoms with Gasteiger partial charge in [0.25, 0.3) is 5.91 Å². The number of carbonyl (C=O) groups excluding carboxylic acids is 1. The van der Waals surface area contributed by atoms with Crippen LogP contribution >= 0.6 is 0 Å². The maximum Gasteiger partial charge on any atom is 0.251 e. The molecule has 0 saturated heterocycles. The third-order valence-corrected chi connectivity index (χ3v) is 4.86. The van der Waals surface area contributed by atoms with E-state index >= 15 is 0 Å². The van der Waals surface area contributed by atoms with E-state index < -0.39 is 0 Å². The summed E-state index contributed by atoms with van der Waals surface area (Å²) in [5.41, 5.74) is 2.69. The number of hydrogen-bond donors (Lipinski definition) is 1. The standard InChI is InChI=1S/C25H31N3O3/c1-4-15-30-23-12-11-22(17-24(23)31-16-5-2)19(3)27-25(29)21-9-7-20(8-10-21)18-28-14-6-13-26-28/h6-14,17,19H,4-5,15-16,18H2,1-3H3,(H,27,29). The number of carbonyl (C=O) groups is 1. The van der Waals surface area contributed by atoms with E-state index in [9.17, 15) is 4.79 Å². The van der Waals surface area contributed by atoms with Crippen molar-refractivity contribution in [1.82, 2.24) is 15.1 Å². The highest BCUT2D eigenvalue weighted by Gasteiger charge is 2.15. The fourth-order valence-electron chi connectivity index (χ4n) is 3.16. The van der Waals surface area contributed by atoms with Gasteiger partial charge in [-0.3, -0.25) is 9.48 Å². The van der Waals surface area contributed by atoms with E-state index in [4.69, 9.17) is 9.47 Å². The molecule has 3 rings (SSSR count). The van der Waals surface area contributed by atoms with Crippen molar-refractivity contribution in [2.75, 3.05) is 13.2 Å². The molecule has 1 amide bonds. The molecule has 3 aromatic rings. The summed E-state index contributed by atoms with van der Waals surface area (Å²) in [7, 11) is 0. The summed E-state index contributed by atoms with van der Waals surface area (Å²) >= 11 is 0. The highest BCUT2D eigenvalue weighted by molar-refractivity contribution is 5.94. The molecule has 1 atom stereocenters. The Labute approximate surface area is 184 Å². The third kappa shape index (κ3) is 6.35. The molecule has 1 heterocycles.